The van der Waals surface area contributed by atoms with Crippen molar-refractivity contribution < 1.29 is 0 Å². The summed E-state index contributed by atoms with van der Waals surface area (Å²) in [6, 6.07) is 11.5. The van der Waals surface area contributed by atoms with E-state index in [4.69, 9.17) is 0 Å². The lowest BCUT2D eigenvalue weighted by atomic mass is 9.93. The molecule has 1 unspecified atom stereocenters. The van der Waals surface area contributed by atoms with Crippen molar-refractivity contribution in [2.75, 3.05) is 6.54 Å². The lowest BCUT2D eigenvalue weighted by Gasteiger charge is -2.22. The molecule has 1 aromatic carbocycles. The van der Waals surface area contributed by atoms with Gasteiger partial charge in [0.15, 0.2) is 0 Å². The number of rotatable bonds is 6. The molecule has 108 valence electrons. The number of thiophene rings is 1. The Morgan fingerprint density at radius 1 is 1.10 bits per heavy atom. The van der Waals surface area contributed by atoms with Gasteiger partial charge in [-0.15, -0.1) is 11.3 Å². The van der Waals surface area contributed by atoms with E-state index in [1.54, 1.807) is 0 Å². The van der Waals surface area contributed by atoms with E-state index in [0.717, 1.165) is 19.4 Å². The van der Waals surface area contributed by atoms with Gasteiger partial charge in [0.1, 0.15) is 0 Å². The quantitative estimate of drug-likeness (QED) is 0.787. The molecule has 0 fully saturated rings. The summed E-state index contributed by atoms with van der Waals surface area (Å²) in [6.45, 7) is 9.95. The Morgan fingerprint density at radius 2 is 1.85 bits per heavy atom. The fraction of sp³-hybridized carbons (Fsp3) is 0.444. The highest BCUT2D eigenvalue weighted by Crippen LogP contribution is 2.32. The van der Waals surface area contributed by atoms with Crippen LogP contribution in [0.3, 0.4) is 0 Å². The van der Waals surface area contributed by atoms with Crippen molar-refractivity contribution >= 4 is 11.3 Å². The van der Waals surface area contributed by atoms with Gasteiger partial charge in [0.2, 0.25) is 0 Å². The standard InChI is InChI=1S/C18H25NS/c1-5-11-19-18(17-12-13(3)20-14(17)4)16-10-8-7-9-15(16)6-2/h7-10,12,18-19H,5-6,11H2,1-4H3. The van der Waals surface area contributed by atoms with Gasteiger partial charge < -0.3 is 5.32 Å². The van der Waals surface area contributed by atoms with Gasteiger partial charge in [-0.25, -0.2) is 0 Å². The van der Waals surface area contributed by atoms with E-state index in [2.05, 4.69) is 63.3 Å². The molecule has 2 heteroatoms. The Morgan fingerprint density at radius 3 is 2.45 bits per heavy atom. The second kappa shape index (κ2) is 7.05. The third-order valence-electron chi connectivity index (χ3n) is 3.74. The molecule has 0 spiro atoms. The molecule has 2 rings (SSSR count). The number of benzene rings is 1. The van der Waals surface area contributed by atoms with Crippen molar-refractivity contribution in [3.8, 4) is 0 Å². The third kappa shape index (κ3) is 3.31. The molecular formula is C18H25NS. The van der Waals surface area contributed by atoms with Crippen molar-refractivity contribution in [3.63, 3.8) is 0 Å². The molecule has 20 heavy (non-hydrogen) atoms. The van der Waals surface area contributed by atoms with Crippen LogP contribution in [-0.2, 0) is 6.42 Å². The second-order valence-electron chi connectivity index (χ2n) is 5.31. The topological polar surface area (TPSA) is 12.0 Å². The van der Waals surface area contributed by atoms with Crippen LogP contribution >= 0.6 is 11.3 Å². The number of hydrogen-bond acceptors (Lipinski definition) is 2. The summed E-state index contributed by atoms with van der Waals surface area (Å²) in [6.07, 6.45) is 2.25. The number of nitrogens with one attached hydrogen (secondary N) is 1. The van der Waals surface area contributed by atoms with Crippen LogP contribution in [-0.4, -0.2) is 6.54 Å². The van der Waals surface area contributed by atoms with Crippen LogP contribution in [0.1, 0.15) is 52.8 Å². The van der Waals surface area contributed by atoms with E-state index in [1.807, 2.05) is 11.3 Å². The van der Waals surface area contributed by atoms with Gasteiger partial charge >= 0.3 is 0 Å². The van der Waals surface area contributed by atoms with Crippen LogP contribution < -0.4 is 5.32 Å². The Balaban J connectivity index is 2.44. The zero-order valence-electron chi connectivity index (χ0n) is 13.0. The fourth-order valence-electron chi connectivity index (χ4n) is 2.75. The largest absolute Gasteiger partial charge is 0.306 e. The molecule has 1 heterocycles. The predicted molar refractivity (Wildman–Crippen MR) is 89.7 cm³/mol. The maximum absolute atomic E-state index is 3.74. The van der Waals surface area contributed by atoms with Gasteiger partial charge in [0.05, 0.1) is 6.04 Å². The minimum absolute atomic E-state index is 0.330. The van der Waals surface area contributed by atoms with Crippen LogP contribution in [0.5, 0.6) is 0 Å². The maximum atomic E-state index is 3.74. The minimum Gasteiger partial charge on any atom is -0.306 e. The normalized spacial score (nSPS) is 12.6. The molecule has 1 aromatic heterocycles. The van der Waals surface area contributed by atoms with Crippen LogP contribution in [0.15, 0.2) is 30.3 Å². The Labute approximate surface area is 127 Å². The summed E-state index contributed by atoms with van der Waals surface area (Å²) >= 11 is 1.90. The summed E-state index contributed by atoms with van der Waals surface area (Å²) in [5.74, 6) is 0. The molecule has 0 amide bonds. The first kappa shape index (κ1) is 15.3. The van der Waals surface area contributed by atoms with Crippen molar-refractivity contribution in [3.05, 3.63) is 56.8 Å². The van der Waals surface area contributed by atoms with Crippen LogP contribution in [0, 0.1) is 13.8 Å². The van der Waals surface area contributed by atoms with E-state index in [9.17, 15) is 0 Å². The first-order chi connectivity index (χ1) is 9.67. The molecule has 1 nitrogen and oxygen atoms in total. The first-order valence-electron chi connectivity index (χ1n) is 7.55. The molecule has 0 aliphatic rings. The summed E-state index contributed by atoms with van der Waals surface area (Å²) in [5, 5.41) is 3.74. The van der Waals surface area contributed by atoms with E-state index in [1.165, 1.54) is 26.4 Å². The van der Waals surface area contributed by atoms with Gasteiger partial charge in [0.25, 0.3) is 0 Å². The van der Waals surface area contributed by atoms with Gasteiger partial charge in [-0.05, 0) is 56.0 Å². The van der Waals surface area contributed by atoms with E-state index in [-0.39, 0.29) is 0 Å². The number of hydrogen-bond donors (Lipinski definition) is 1. The maximum Gasteiger partial charge on any atom is 0.0590 e. The molecule has 0 saturated heterocycles. The van der Waals surface area contributed by atoms with Crippen LogP contribution in [0.25, 0.3) is 0 Å². The highest BCUT2D eigenvalue weighted by molar-refractivity contribution is 7.12. The monoisotopic (exact) mass is 287 g/mol. The zero-order valence-corrected chi connectivity index (χ0v) is 13.8. The Hall–Kier alpha value is -1.12. The fourth-order valence-corrected chi connectivity index (χ4v) is 3.71. The van der Waals surface area contributed by atoms with Crippen LogP contribution in [0.2, 0.25) is 0 Å². The lowest BCUT2D eigenvalue weighted by Crippen LogP contribution is -2.24. The van der Waals surface area contributed by atoms with Gasteiger partial charge in [-0.2, -0.15) is 0 Å². The third-order valence-corrected chi connectivity index (χ3v) is 4.72. The average molecular weight is 287 g/mol. The van der Waals surface area contributed by atoms with Crippen LogP contribution in [0.4, 0.5) is 0 Å². The van der Waals surface area contributed by atoms with Crippen molar-refractivity contribution in [2.24, 2.45) is 0 Å². The summed E-state index contributed by atoms with van der Waals surface area (Å²) in [5.41, 5.74) is 4.33. The first-order valence-corrected chi connectivity index (χ1v) is 8.37. The lowest BCUT2D eigenvalue weighted by molar-refractivity contribution is 0.594. The molecule has 0 bridgehead atoms. The highest BCUT2D eigenvalue weighted by atomic mass is 32.1. The van der Waals surface area contributed by atoms with Gasteiger partial charge in [-0.1, -0.05) is 38.1 Å². The van der Waals surface area contributed by atoms with Crippen molar-refractivity contribution in [1.82, 2.24) is 5.32 Å². The number of aryl methyl sites for hydroxylation is 3. The van der Waals surface area contributed by atoms with Gasteiger partial charge in [-0.3, -0.25) is 0 Å². The second-order valence-corrected chi connectivity index (χ2v) is 6.77. The molecular weight excluding hydrogens is 262 g/mol. The highest BCUT2D eigenvalue weighted by Gasteiger charge is 2.19. The Bertz CT molecular complexity index is 556. The van der Waals surface area contributed by atoms with E-state index < -0.39 is 0 Å². The van der Waals surface area contributed by atoms with Crippen molar-refractivity contribution in [2.45, 2.75) is 46.6 Å². The average Bonchev–Trinajstić information content (AvgIpc) is 2.79. The summed E-state index contributed by atoms with van der Waals surface area (Å²) < 4.78 is 0. The smallest absolute Gasteiger partial charge is 0.0590 e. The molecule has 1 N–H and O–H groups in total. The van der Waals surface area contributed by atoms with E-state index in [0.29, 0.717) is 6.04 Å². The van der Waals surface area contributed by atoms with E-state index >= 15 is 0 Å². The molecule has 1 atom stereocenters. The van der Waals surface area contributed by atoms with Gasteiger partial charge in [0, 0.05) is 9.75 Å². The minimum atomic E-state index is 0.330. The molecule has 0 aliphatic heterocycles. The molecule has 0 aliphatic carbocycles. The molecule has 0 saturated carbocycles. The summed E-state index contributed by atoms with van der Waals surface area (Å²) in [4.78, 5) is 2.83. The summed E-state index contributed by atoms with van der Waals surface area (Å²) in [7, 11) is 0. The predicted octanol–water partition coefficient (Wildman–Crippen LogP) is 5.02. The molecule has 2 aromatic rings. The zero-order chi connectivity index (χ0) is 14.5. The van der Waals surface area contributed by atoms with Crippen molar-refractivity contribution in [1.29, 1.82) is 0 Å². The SMILES string of the molecule is CCCNC(c1ccccc1CC)c1cc(C)sc1C. The molecule has 0 radical (unpaired) electrons. The Kier molecular flexibility index (Phi) is 5.38.